The zero-order chi connectivity index (χ0) is 18.9. The van der Waals surface area contributed by atoms with Gasteiger partial charge in [0.15, 0.2) is 14.7 Å². The molecule has 3 nitrogen and oxygen atoms in total. The SMILES string of the molecule is OCCN(CCO)Cc1ccc([S+](c2ccccc2)c2ccccc2)cc1. The van der Waals surface area contributed by atoms with E-state index in [-0.39, 0.29) is 24.1 Å². The monoisotopic (exact) mass is 380 g/mol. The minimum absolute atomic E-state index is 0.101. The summed E-state index contributed by atoms with van der Waals surface area (Å²) in [5.74, 6) is 0. The average Bonchev–Trinajstić information content (AvgIpc) is 2.72. The Hall–Kier alpha value is -2.11. The van der Waals surface area contributed by atoms with E-state index < -0.39 is 0 Å². The van der Waals surface area contributed by atoms with E-state index in [1.54, 1.807) is 0 Å². The Morgan fingerprint density at radius 2 is 1.04 bits per heavy atom. The van der Waals surface area contributed by atoms with Crippen LogP contribution in [0.15, 0.2) is 99.6 Å². The number of hydrogen-bond donors (Lipinski definition) is 2. The van der Waals surface area contributed by atoms with Crippen molar-refractivity contribution in [3.8, 4) is 0 Å². The lowest BCUT2D eigenvalue weighted by atomic mass is 10.2. The molecule has 0 aliphatic rings. The maximum atomic E-state index is 9.19. The van der Waals surface area contributed by atoms with Crippen molar-refractivity contribution >= 4 is 10.9 Å². The van der Waals surface area contributed by atoms with Crippen LogP contribution in [0.4, 0.5) is 0 Å². The molecule has 3 aromatic rings. The molecule has 0 fully saturated rings. The Balaban J connectivity index is 1.86. The van der Waals surface area contributed by atoms with Crippen molar-refractivity contribution in [2.45, 2.75) is 21.2 Å². The van der Waals surface area contributed by atoms with Crippen molar-refractivity contribution < 1.29 is 10.2 Å². The molecule has 3 aromatic carbocycles. The van der Waals surface area contributed by atoms with Gasteiger partial charge in [-0.15, -0.1) is 0 Å². The predicted molar refractivity (Wildman–Crippen MR) is 111 cm³/mol. The summed E-state index contributed by atoms with van der Waals surface area (Å²) in [4.78, 5) is 5.95. The van der Waals surface area contributed by atoms with E-state index in [4.69, 9.17) is 0 Å². The van der Waals surface area contributed by atoms with Crippen LogP contribution in [0, 0.1) is 0 Å². The molecule has 3 rings (SSSR count). The van der Waals surface area contributed by atoms with Crippen molar-refractivity contribution in [3.63, 3.8) is 0 Å². The van der Waals surface area contributed by atoms with E-state index in [1.807, 2.05) is 0 Å². The van der Waals surface area contributed by atoms with E-state index in [0.29, 0.717) is 13.1 Å². The molecule has 0 saturated carbocycles. The van der Waals surface area contributed by atoms with Gasteiger partial charge in [0.05, 0.1) is 24.1 Å². The van der Waals surface area contributed by atoms with Gasteiger partial charge in [0.1, 0.15) is 0 Å². The Morgan fingerprint density at radius 1 is 0.593 bits per heavy atom. The highest BCUT2D eigenvalue weighted by atomic mass is 32.2. The molecule has 0 radical (unpaired) electrons. The Bertz CT molecular complexity index is 748. The van der Waals surface area contributed by atoms with Crippen LogP contribution in [-0.4, -0.2) is 41.4 Å². The second-order valence-corrected chi connectivity index (χ2v) is 8.33. The zero-order valence-electron chi connectivity index (χ0n) is 15.4. The fourth-order valence-electron chi connectivity index (χ4n) is 3.06. The smallest absolute Gasteiger partial charge is 0.166 e. The summed E-state index contributed by atoms with van der Waals surface area (Å²) in [6.07, 6.45) is 0. The third-order valence-electron chi connectivity index (χ3n) is 4.36. The number of rotatable bonds is 9. The first kappa shape index (κ1) is 19.6. The molecule has 0 heterocycles. The maximum absolute atomic E-state index is 9.19. The minimum Gasteiger partial charge on any atom is -0.395 e. The van der Waals surface area contributed by atoms with Crippen molar-refractivity contribution in [3.05, 3.63) is 90.5 Å². The van der Waals surface area contributed by atoms with Gasteiger partial charge in [-0.3, -0.25) is 4.90 Å². The molecular weight excluding hydrogens is 354 g/mol. The summed E-state index contributed by atoms with van der Waals surface area (Å²) >= 11 is 0. The lowest BCUT2D eigenvalue weighted by molar-refractivity contribution is 0.156. The van der Waals surface area contributed by atoms with Gasteiger partial charge in [-0.1, -0.05) is 48.5 Å². The first-order chi connectivity index (χ1) is 13.3. The van der Waals surface area contributed by atoms with Crippen LogP contribution in [0.1, 0.15) is 5.56 Å². The van der Waals surface area contributed by atoms with E-state index in [1.165, 1.54) is 20.2 Å². The lowest BCUT2D eigenvalue weighted by Crippen LogP contribution is -2.29. The molecular formula is C23H26NO2S+. The van der Waals surface area contributed by atoms with Crippen LogP contribution in [0.2, 0.25) is 0 Å². The second kappa shape index (κ2) is 10.3. The molecule has 0 amide bonds. The summed E-state index contributed by atoms with van der Waals surface area (Å²) in [5, 5.41) is 18.4. The highest BCUT2D eigenvalue weighted by Crippen LogP contribution is 2.31. The molecule has 0 bridgehead atoms. The van der Waals surface area contributed by atoms with Gasteiger partial charge in [-0.05, 0) is 42.0 Å². The second-order valence-electron chi connectivity index (χ2n) is 6.30. The van der Waals surface area contributed by atoms with Crippen LogP contribution < -0.4 is 0 Å². The molecule has 0 saturated heterocycles. The van der Waals surface area contributed by atoms with Gasteiger partial charge in [0, 0.05) is 19.6 Å². The zero-order valence-corrected chi connectivity index (χ0v) is 16.2. The Labute approximate surface area is 164 Å². The lowest BCUT2D eigenvalue weighted by Gasteiger charge is -2.20. The summed E-state index contributed by atoms with van der Waals surface area (Å²) < 4.78 is 0. The van der Waals surface area contributed by atoms with Crippen LogP contribution in [0.5, 0.6) is 0 Å². The third kappa shape index (κ3) is 5.44. The molecule has 140 valence electrons. The molecule has 0 spiro atoms. The summed E-state index contributed by atoms with van der Waals surface area (Å²) in [7, 11) is -0.136. The molecule has 0 unspecified atom stereocenters. The van der Waals surface area contributed by atoms with Gasteiger partial charge >= 0.3 is 0 Å². The minimum atomic E-state index is -0.136. The topological polar surface area (TPSA) is 43.7 Å². The number of nitrogens with zero attached hydrogens (tertiary/aromatic N) is 1. The number of aliphatic hydroxyl groups excluding tert-OH is 2. The first-order valence-corrected chi connectivity index (χ1v) is 10.4. The van der Waals surface area contributed by atoms with Gasteiger partial charge in [-0.25, -0.2) is 0 Å². The largest absolute Gasteiger partial charge is 0.395 e. The van der Waals surface area contributed by atoms with Crippen molar-refractivity contribution in [2.75, 3.05) is 26.3 Å². The number of aliphatic hydroxyl groups is 2. The summed E-state index contributed by atoms with van der Waals surface area (Å²) in [6, 6.07) is 29.9. The fraction of sp³-hybridized carbons (Fsp3) is 0.217. The Morgan fingerprint density at radius 3 is 1.48 bits per heavy atom. The van der Waals surface area contributed by atoms with Crippen LogP contribution in [0.3, 0.4) is 0 Å². The quantitative estimate of drug-likeness (QED) is 0.558. The van der Waals surface area contributed by atoms with Crippen LogP contribution in [0.25, 0.3) is 0 Å². The normalized spacial score (nSPS) is 11.3. The average molecular weight is 381 g/mol. The molecule has 27 heavy (non-hydrogen) atoms. The van der Waals surface area contributed by atoms with Crippen molar-refractivity contribution in [2.24, 2.45) is 0 Å². The highest BCUT2D eigenvalue weighted by molar-refractivity contribution is 7.97. The summed E-state index contributed by atoms with van der Waals surface area (Å²) in [5.41, 5.74) is 1.19. The number of benzene rings is 3. The van der Waals surface area contributed by atoms with Crippen LogP contribution in [-0.2, 0) is 17.4 Å². The number of hydrogen-bond acceptors (Lipinski definition) is 3. The Kier molecular flexibility index (Phi) is 7.48. The highest BCUT2D eigenvalue weighted by Gasteiger charge is 2.28. The predicted octanol–water partition coefficient (Wildman–Crippen LogP) is 3.57. The standard InChI is InChI=1S/C23H26NO2S/c25-17-15-24(16-18-26)19-20-11-13-23(14-12-20)27(21-7-3-1-4-8-21)22-9-5-2-6-10-22/h1-14,25-26H,15-19H2/q+1. The van der Waals surface area contributed by atoms with E-state index in [0.717, 1.165) is 6.54 Å². The van der Waals surface area contributed by atoms with E-state index in [2.05, 4.69) is 89.8 Å². The van der Waals surface area contributed by atoms with Gasteiger partial charge in [0.25, 0.3) is 0 Å². The molecule has 2 N–H and O–H groups in total. The molecule has 0 aliphatic carbocycles. The third-order valence-corrected chi connectivity index (χ3v) is 6.59. The first-order valence-electron chi connectivity index (χ1n) is 9.19. The van der Waals surface area contributed by atoms with Crippen molar-refractivity contribution in [1.29, 1.82) is 0 Å². The van der Waals surface area contributed by atoms with Gasteiger partial charge in [-0.2, -0.15) is 0 Å². The molecule has 4 heteroatoms. The van der Waals surface area contributed by atoms with Gasteiger partial charge in [0.2, 0.25) is 0 Å². The molecule has 0 aliphatic heterocycles. The van der Waals surface area contributed by atoms with E-state index in [9.17, 15) is 10.2 Å². The maximum Gasteiger partial charge on any atom is 0.166 e. The molecule has 0 atom stereocenters. The van der Waals surface area contributed by atoms with E-state index >= 15 is 0 Å². The fourth-order valence-corrected chi connectivity index (χ4v) is 5.15. The summed E-state index contributed by atoms with van der Waals surface area (Å²) in [6.45, 7) is 2.07. The van der Waals surface area contributed by atoms with Gasteiger partial charge < -0.3 is 10.2 Å². The van der Waals surface area contributed by atoms with Crippen LogP contribution >= 0.6 is 0 Å². The van der Waals surface area contributed by atoms with Crippen molar-refractivity contribution in [1.82, 2.24) is 4.90 Å². The molecule has 0 aromatic heterocycles.